The van der Waals surface area contributed by atoms with E-state index in [4.69, 9.17) is 0 Å². The molecule has 2 aromatic rings. The Morgan fingerprint density at radius 2 is 2.05 bits per heavy atom. The van der Waals surface area contributed by atoms with E-state index >= 15 is 0 Å². The summed E-state index contributed by atoms with van der Waals surface area (Å²) in [5, 5.41) is 9.95. The van der Waals surface area contributed by atoms with Crippen LogP contribution in [-0.4, -0.2) is 15.8 Å². The van der Waals surface area contributed by atoms with Gasteiger partial charge in [-0.25, -0.2) is 4.79 Å². The highest BCUT2D eigenvalue weighted by atomic mass is 16.2. The van der Waals surface area contributed by atoms with Gasteiger partial charge in [0.05, 0.1) is 6.04 Å². The molecule has 0 saturated heterocycles. The Hall–Kier alpha value is -2.30. The maximum absolute atomic E-state index is 12.1. The molecule has 1 saturated carbocycles. The first-order valence-corrected chi connectivity index (χ1v) is 6.84. The quantitative estimate of drug-likeness (QED) is 0.897. The molecule has 0 spiro atoms. The molecule has 1 aliphatic carbocycles. The van der Waals surface area contributed by atoms with Gasteiger partial charge >= 0.3 is 6.03 Å². The molecular weight excluding hydrogens is 252 g/mol. The zero-order valence-corrected chi connectivity index (χ0v) is 11.4. The molecule has 2 N–H and O–H groups in total. The summed E-state index contributed by atoms with van der Waals surface area (Å²) in [6.45, 7) is 0. The van der Waals surface area contributed by atoms with Crippen LogP contribution in [0.3, 0.4) is 0 Å². The molecule has 1 aromatic carbocycles. The highest BCUT2D eigenvalue weighted by Gasteiger charge is 2.33. The van der Waals surface area contributed by atoms with Gasteiger partial charge in [0, 0.05) is 19.3 Å². The van der Waals surface area contributed by atoms with E-state index in [1.807, 2.05) is 25.2 Å². The molecule has 1 heterocycles. The summed E-state index contributed by atoms with van der Waals surface area (Å²) in [6, 6.07) is 11.8. The number of hydrogen-bond donors (Lipinski definition) is 2. The number of rotatable bonds is 4. The fourth-order valence-corrected chi connectivity index (χ4v) is 2.34. The first kappa shape index (κ1) is 12.7. The number of aryl methyl sites for hydroxylation is 1. The van der Waals surface area contributed by atoms with Crippen LogP contribution >= 0.6 is 0 Å². The minimum atomic E-state index is -0.204. The summed E-state index contributed by atoms with van der Waals surface area (Å²) in [4.78, 5) is 12.1. The summed E-state index contributed by atoms with van der Waals surface area (Å²) in [5.74, 6) is 1.11. The fraction of sp³-hybridized carbons (Fsp3) is 0.333. The Bertz CT molecular complexity index is 589. The largest absolute Gasteiger partial charge is 0.331 e. The molecule has 2 amide bonds. The van der Waals surface area contributed by atoms with Gasteiger partial charge in [-0.2, -0.15) is 5.10 Å². The molecule has 0 bridgehead atoms. The van der Waals surface area contributed by atoms with Crippen LogP contribution in [0.1, 0.15) is 24.4 Å². The zero-order chi connectivity index (χ0) is 13.9. The van der Waals surface area contributed by atoms with Crippen LogP contribution in [0.2, 0.25) is 0 Å². The summed E-state index contributed by atoms with van der Waals surface area (Å²) in [5.41, 5.74) is 1.16. The van der Waals surface area contributed by atoms with Gasteiger partial charge < -0.3 is 5.32 Å². The third kappa shape index (κ3) is 2.99. The number of nitrogens with one attached hydrogen (secondary N) is 2. The zero-order valence-electron chi connectivity index (χ0n) is 11.4. The van der Waals surface area contributed by atoms with Gasteiger partial charge in [0.1, 0.15) is 0 Å². The fourth-order valence-electron chi connectivity index (χ4n) is 2.34. The lowest BCUT2D eigenvalue weighted by Gasteiger charge is -2.18. The highest BCUT2D eigenvalue weighted by Crippen LogP contribution is 2.40. The Morgan fingerprint density at radius 3 is 2.65 bits per heavy atom. The van der Waals surface area contributed by atoms with Crippen LogP contribution in [0.25, 0.3) is 0 Å². The van der Waals surface area contributed by atoms with Crippen LogP contribution in [0.4, 0.5) is 10.6 Å². The van der Waals surface area contributed by atoms with E-state index in [-0.39, 0.29) is 12.1 Å². The Balaban J connectivity index is 1.66. The molecule has 1 fully saturated rings. The molecule has 0 radical (unpaired) electrons. The second kappa shape index (κ2) is 5.36. The van der Waals surface area contributed by atoms with Gasteiger partial charge in [-0.15, -0.1) is 0 Å². The summed E-state index contributed by atoms with van der Waals surface area (Å²) < 4.78 is 1.66. The van der Waals surface area contributed by atoms with Crippen LogP contribution in [0, 0.1) is 5.92 Å². The number of amides is 2. The average Bonchev–Trinajstić information content (AvgIpc) is 3.21. The monoisotopic (exact) mass is 270 g/mol. The molecule has 1 aliphatic rings. The molecular formula is C15H18N4O. The van der Waals surface area contributed by atoms with Crippen molar-refractivity contribution in [3.8, 4) is 0 Å². The van der Waals surface area contributed by atoms with Gasteiger partial charge in [-0.05, 0) is 24.3 Å². The van der Waals surface area contributed by atoms with E-state index in [0.717, 1.165) is 5.56 Å². The first-order chi connectivity index (χ1) is 9.72. The second-order valence-electron chi connectivity index (χ2n) is 5.20. The van der Waals surface area contributed by atoms with E-state index in [2.05, 4.69) is 27.9 Å². The van der Waals surface area contributed by atoms with Crippen LogP contribution in [-0.2, 0) is 7.05 Å². The van der Waals surface area contributed by atoms with Gasteiger partial charge in [0.2, 0.25) is 0 Å². The maximum atomic E-state index is 12.1. The predicted octanol–water partition coefficient (Wildman–Crippen LogP) is 2.69. The number of anilines is 1. The van der Waals surface area contributed by atoms with Crippen molar-refractivity contribution in [3.63, 3.8) is 0 Å². The lowest BCUT2D eigenvalue weighted by molar-refractivity contribution is 0.247. The molecule has 20 heavy (non-hydrogen) atoms. The van der Waals surface area contributed by atoms with Crippen LogP contribution in [0.15, 0.2) is 42.6 Å². The molecule has 3 rings (SSSR count). The van der Waals surface area contributed by atoms with E-state index in [0.29, 0.717) is 11.7 Å². The van der Waals surface area contributed by atoms with Crippen molar-refractivity contribution >= 4 is 11.8 Å². The van der Waals surface area contributed by atoms with Crippen molar-refractivity contribution in [2.45, 2.75) is 18.9 Å². The number of carbonyl (C=O) groups excluding carboxylic acids is 1. The Kier molecular flexibility index (Phi) is 3.41. The average molecular weight is 270 g/mol. The van der Waals surface area contributed by atoms with Crippen LogP contribution in [0.5, 0.6) is 0 Å². The van der Waals surface area contributed by atoms with E-state index < -0.39 is 0 Å². The summed E-state index contributed by atoms with van der Waals surface area (Å²) in [7, 11) is 1.82. The molecule has 5 heteroatoms. The first-order valence-electron chi connectivity index (χ1n) is 6.84. The number of nitrogens with zero attached hydrogens (tertiary/aromatic N) is 2. The predicted molar refractivity (Wildman–Crippen MR) is 77.3 cm³/mol. The molecule has 5 nitrogen and oxygen atoms in total. The third-order valence-electron chi connectivity index (χ3n) is 3.49. The number of hydrogen-bond acceptors (Lipinski definition) is 2. The van der Waals surface area contributed by atoms with Gasteiger partial charge in [-0.3, -0.25) is 10.00 Å². The van der Waals surface area contributed by atoms with Gasteiger partial charge in [0.25, 0.3) is 0 Å². The molecule has 1 aromatic heterocycles. The van der Waals surface area contributed by atoms with Crippen LogP contribution < -0.4 is 10.6 Å². The smallest absolute Gasteiger partial charge is 0.320 e. The van der Waals surface area contributed by atoms with Crippen molar-refractivity contribution in [2.75, 3.05) is 5.32 Å². The third-order valence-corrected chi connectivity index (χ3v) is 3.49. The lowest BCUT2D eigenvalue weighted by Crippen LogP contribution is -2.33. The number of benzene rings is 1. The normalized spacial score (nSPS) is 15.7. The number of urea groups is 1. The topological polar surface area (TPSA) is 59.0 Å². The summed E-state index contributed by atoms with van der Waals surface area (Å²) >= 11 is 0. The minimum absolute atomic E-state index is 0.0833. The van der Waals surface area contributed by atoms with Crippen molar-refractivity contribution in [1.82, 2.24) is 15.1 Å². The lowest BCUT2D eigenvalue weighted by atomic mass is 10.0. The van der Waals surface area contributed by atoms with Crippen molar-refractivity contribution in [1.29, 1.82) is 0 Å². The number of aromatic nitrogens is 2. The van der Waals surface area contributed by atoms with E-state index in [9.17, 15) is 4.79 Å². The summed E-state index contributed by atoms with van der Waals surface area (Å²) in [6.07, 6.45) is 4.14. The maximum Gasteiger partial charge on any atom is 0.320 e. The second-order valence-corrected chi connectivity index (χ2v) is 5.20. The van der Waals surface area contributed by atoms with Crippen molar-refractivity contribution in [2.24, 2.45) is 13.0 Å². The molecule has 0 aliphatic heterocycles. The minimum Gasteiger partial charge on any atom is -0.331 e. The van der Waals surface area contributed by atoms with E-state index in [1.165, 1.54) is 12.8 Å². The van der Waals surface area contributed by atoms with Gasteiger partial charge in [0.15, 0.2) is 5.82 Å². The Morgan fingerprint density at radius 1 is 1.30 bits per heavy atom. The highest BCUT2D eigenvalue weighted by molar-refractivity contribution is 5.88. The SMILES string of the molecule is Cn1ccc(NC(=O)NC(c2ccccc2)C2CC2)n1. The molecule has 104 valence electrons. The molecule has 1 atom stereocenters. The molecule has 1 unspecified atom stereocenters. The van der Waals surface area contributed by atoms with Crippen molar-refractivity contribution in [3.05, 3.63) is 48.2 Å². The Labute approximate surface area is 118 Å². The van der Waals surface area contributed by atoms with Crippen molar-refractivity contribution < 1.29 is 4.79 Å². The van der Waals surface area contributed by atoms with Gasteiger partial charge in [-0.1, -0.05) is 30.3 Å². The number of carbonyl (C=O) groups is 1. The van der Waals surface area contributed by atoms with E-state index in [1.54, 1.807) is 16.9 Å². The standard InChI is InChI=1S/C15H18N4O/c1-19-10-9-13(18-19)16-15(20)17-14(12-7-8-12)11-5-3-2-4-6-11/h2-6,9-10,12,14H,7-8H2,1H3,(H2,16,17,18,20).